The fourth-order valence-corrected chi connectivity index (χ4v) is 5.51. The Morgan fingerprint density at radius 3 is 2.59 bits per heavy atom. The van der Waals surface area contributed by atoms with Crippen molar-refractivity contribution in [1.82, 2.24) is 4.57 Å². The van der Waals surface area contributed by atoms with Gasteiger partial charge in [-0.05, 0) is 55.8 Å². The number of halogens is 2. The molecule has 1 aliphatic heterocycles. The number of ether oxygens (including phenoxy) is 2. The molecule has 8 nitrogen and oxygen atoms in total. The van der Waals surface area contributed by atoms with Crippen molar-refractivity contribution in [1.29, 1.82) is 0 Å². The lowest BCUT2D eigenvalue weighted by Crippen LogP contribution is -2.39. The van der Waals surface area contributed by atoms with E-state index in [1.165, 1.54) is 22.0 Å². The molecule has 212 valence electrons. The van der Waals surface area contributed by atoms with Gasteiger partial charge in [-0.25, -0.2) is 18.6 Å². The number of allylic oxidation sites excluding steroid dienone is 1. The summed E-state index contributed by atoms with van der Waals surface area (Å²) in [5, 5.41) is 0. The van der Waals surface area contributed by atoms with Gasteiger partial charge in [-0.2, -0.15) is 0 Å². The van der Waals surface area contributed by atoms with Gasteiger partial charge in [0.15, 0.2) is 16.4 Å². The van der Waals surface area contributed by atoms with Gasteiger partial charge in [0.1, 0.15) is 23.9 Å². The zero-order chi connectivity index (χ0) is 29.3. The monoisotopic (exact) mass is 579 g/mol. The molecule has 0 radical (unpaired) electrons. The molecule has 0 aliphatic carbocycles. The number of aromatic nitrogens is 1. The van der Waals surface area contributed by atoms with E-state index in [0.717, 1.165) is 23.4 Å². The van der Waals surface area contributed by atoms with Gasteiger partial charge in [0.2, 0.25) is 0 Å². The fourth-order valence-electron chi connectivity index (χ4n) is 4.48. The third-order valence-corrected chi connectivity index (χ3v) is 7.44. The highest BCUT2D eigenvalue weighted by atomic mass is 32.1. The maximum Gasteiger partial charge on any atom is 0.338 e. The summed E-state index contributed by atoms with van der Waals surface area (Å²) in [6.07, 6.45) is 1.58. The van der Waals surface area contributed by atoms with Crippen LogP contribution in [0.4, 0.5) is 14.5 Å². The second-order valence-corrected chi connectivity index (χ2v) is 10.5. The number of hydrogen-bond donors (Lipinski definition) is 0. The maximum atomic E-state index is 13.9. The summed E-state index contributed by atoms with van der Waals surface area (Å²) in [7, 11) is 3.86. The summed E-state index contributed by atoms with van der Waals surface area (Å²) in [5.41, 5.74) is 2.15. The second kappa shape index (κ2) is 11.5. The zero-order valence-corrected chi connectivity index (χ0v) is 23.6. The van der Waals surface area contributed by atoms with Crippen LogP contribution in [-0.4, -0.2) is 31.2 Å². The van der Waals surface area contributed by atoms with Crippen molar-refractivity contribution in [2.75, 3.05) is 25.6 Å². The van der Waals surface area contributed by atoms with Crippen molar-refractivity contribution >= 4 is 29.1 Å². The Hall–Kier alpha value is -4.51. The number of fused-ring (bicyclic) bond motifs is 1. The average Bonchev–Trinajstić information content (AvgIpc) is 3.51. The lowest BCUT2D eigenvalue weighted by molar-refractivity contribution is -0.139. The summed E-state index contributed by atoms with van der Waals surface area (Å²) >= 11 is 1.17. The number of esters is 1. The Balaban J connectivity index is 1.51. The number of carbonyl (C=O) groups excluding carboxylic acids is 1. The predicted molar refractivity (Wildman–Crippen MR) is 151 cm³/mol. The lowest BCUT2D eigenvalue weighted by atomic mass is 9.95. The van der Waals surface area contributed by atoms with E-state index in [1.807, 2.05) is 43.3 Å². The minimum absolute atomic E-state index is 0.0946. The number of benzene rings is 2. The van der Waals surface area contributed by atoms with Gasteiger partial charge >= 0.3 is 5.97 Å². The number of thiazole rings is 1. The molecule has 0 spiro atoms. The first-order valence-corrected chi connectivity index (χ1v) is 13.6. The largest absolute Gasteiger partial charge is 0.483 e. The Morgan fingerprint density at radius 1 is 1.15 bits per heavy atom. The Morgan fingerprint density at radius 2 is 1.90 bits per heavy atom. The molecular weight excluding hydrogens is 552 g/mol. The van der Waals surface area contributed by atoms with Crippen LogP contribution < -0.4 is 24.5 Å². The first kappa shape index (κ1) is 28.0. The number of hydrogen-bond acceptors (Lipinski definition) is 8. The molecule has 0 saturated heterocycles. The molecule has 4 aromatic rings. The Kier molecular flexibility index (Phi) is 7.89. The SMILES string of the molecule is CCOC(=O)C1=C(C)N=c2s/c(=C/c3ccc(COc4ccc(F)cc4F)o3)c(=O)n2C1c1ccc(N(C)C)cc1. The minimum Gasteiger partial charge on any atom is -0.483 e. The smallest absolute Gasteiger partial charge is 0.338 e. The third-order valence-electron chi connectivity index (χ3n) is 6.46. The van der Waals surface area contributed by atoms with Crippen LogP contribution in [0.15, 0.2) is 80.1 Å². The van der Waals surface area contributed by atoms with Crippen LogP contribution in [0.25, 0.3) is 6.08 Å². The lowest BCUT2D eigenvalue weighted by Gasteiger charge is -2.25. The second-order valence-electron chi connectivity index (χ2n) is 9.46. The van der Waals surface area contributed by atoms with Crippen LogP contribution in [0.1, 0.15) is 37.0 Å². The van der Waals surface area contributed by atoms with E-state index in [-0.39, 0.29) is 24.5 Å². The van der Waals surface area contributed by atoms with E-state index in [0.29, 0.717) is 32.1 Å². The first-order valence-electron chi connectivity index (χ1n) is 12.8. The summed E-state index contributed by atoms with van der Waals surface area (Å²) in [6.45, 7) is 3.54. The van der Waals surface area contributed by atoms with Gasteiger partial charge in [-0.1, -0.05) is 23.5 Å². The molecule has 0 saturated carbocycles. The van der Waals surface area contributed by atoms with Gasteiger partial charge in [-0.15, -0.1) is 0 Å². The number of nitrogens with zero attached hydrogens (tertiary/aromatic N) is 3. The van der Waals surface area contributed by atoms with E-state index in [9.17, 15) is 18.4 Å². The highest BCUT2D eigenvalue weighted by molar-refractivity contribution is 7.07. The normalized spacial score (nSPS) is 15.0. The molecule has 1 aliphatic rings. The molecule has 2 aromatic heterocycles. The molecule has 0 amide bonds. The number of carbonyl (C=O) groups is 1. The predicted octanol–water partition coefficient (Wildman–Crippen LogP) is 4.31. The molecule has 0 N–H and O–H groups in total. The van der Waals surface area contributed by atoms with Crippen molar-refractivity contribution in [3.8, 4) is 5.75 Å². The van der Waals surface area contributed by atoms with Crippen molar-refractivity contribution in [2.24, 2.45) is 4.99 Å². The molecule has 1 unspecified atom stereocenters. The summed E-state index contributed by atoms with van der Waals surface area (Å²) in [6, 6.07) is 13.2. The molecule has 3 heterocycles. The van der Waals surface area contributed by atoms with Crippen molar-refractivity contribution < 1.29 is 27.5 Å². The van der Waals surface area contributed by atoms with Gasteiger partial charge in [-0.3, -0.25) is 9.36 Å². The molecule has 41 heavy (non-hydrogen) atoms. The van der Waals surface area contributed by atoms with Crippen molar-refractivity contribution in [2.45, 2.75) is 26.5 Å². The number of rotatable bonds is 8. The van der Waals surface area contributed by atoms with E-state index >= 15 is 0 Å². The Bertz CT molecular complexity index is 1820. The molecule has 1 atom stereocenters. The molecule has 11 heteroatoms. The van der Waals surface area contributed by atoms with Gasteiger partial charge in [0.05, 0.1) is 28.5 Å². The zero-order valence-electron chi connectivity index (χ0n) is 22.8. The van der Waals surface area contributed by atoms with Crippen LogP contribution >= 0.6 is 11.3 Å². The highest BCUT2D eigenvalue weighted by Gasteiger charge is 2.33. The highest BCUT2D eigenvalue weighted by Crippen LogP contribution is 2.31. The maximum absolute atomic E-state index is 13.9. The summed E-state index contributed by atoms with van der Waals surface area (Å²) in [4.78, 5) is 33.8. The fraction of sp³-hybridized carbons (Fsp3) is 0.233. The number of furan rings is 1. The molecule has 5 rings (SSSR count). The number of anilines is 1. The van der Waals surface area contributed by atoms with Crippen molar-refractivity contribution in [3.63, 3.8) is 0 Å². The summed E-state index contributed by atoms with van der Waals surface area (Å²) in [5.74, 6) is -1.40. The quantitative estimate of drug-likeness (QED) is 0.289. The molecule has 2 aromatic carbocycles. The topological polar surface area (TPSA) is 86.3 Å². The molecule has 0 fully saturated rings. The first-order chi connectivity index (χ1) is 19.7. The molecular formula is C30H27F2N3O5S. The third kappa shape index (κ3) is 5.71. The van der Waals surface area contributed by atoms with E-state index in [4.69, 9.17) is 13.9 Å². The van der Waals surface area contributed by atoms with Gasteiger partial charge in [0, 0.05) is 31.9 Å². The van der Waals surface area contributed by atoms with E-state index < -0.39 is 23.6 Å². The minimum atomic E-state index is -0.818. The van der Waals surface area contributed by atoms with Crippen LogP contribution in [0.5, 0.6) is 5.75 Å². The van der Waals surface area contributed by atoms with Gasteiger partial charge in [0.25, 0.3) is 5.56 Å². The van der Waals surface area contributed by atoms with Crippen LogP contribution in [0, 0.1) is 11.6 Å². The van der Waals surface area contributed by atoms with Crippen LogP contribution in [0.3, 0.4) is 0 Å². The van der Waals surface area contributed by atoms with Crippen molar-refractivity contribution in [3.05, 3.63) is 114 Å². The van der Waals surface area contributed by atoms with E-state index in [1.54, 1.807) is 32.1 Å². The molecule has 0 bridgehead atoms. The summed E-state index contributed by atoms with van der Waals surface area (Å²) < 4.78 is 45.4. The average molecular weight is 580 g/mol. The Labute approximate surface area is 238 Å². The van der Waals surface area contributed by atoms with E-state index in [2.05, 4.69) is 4.99 Å². The van der Waals surface area contributed by atoms with Crippen LogP contribution in [0.2, 0.25) is 0 Å². The van der Waals surface area contributed by atoms with Gasteiger partial charge < -0.3 is 18.8 Å². The van der Waals surface area contributed by atoms with Crippen LogP contribution in [-0.2, 0) is 16.1 Å². The standard InChI is InChI=1S/C30H27F2N3O5S/c1-5-38-29(37)26-17(2)33-30-35(27(26)18-6-9-20(10-7-18)34(3)4)28(36)25(41-30)15-21-11-12-22(40-21)16-39-24-13-8-19(31)14-23(24)32/h6-15,27H,5,16H2,1-4H3/b25-15+.